The Morgan fingerprint density at radius 2 is 1.84 bits per heavy atom. The number of hydrogen-bond acceptors (Lipinski definition) is 3. The molecule has 0 N–H and O–H groups in total. The number of amides is 1. The van der Waals surface area contributed by atoms with Crippen LogP contribution in [0.4, 0.5) is 4.39 Å². The number of carbonyl (C=O) groups is 1. The Kier molecular flexibility index (Phi) is 5.66. The Balaban J connectivity index is 1.56. The first-order chi connectivity index (χ1) is 12.2. The predicted octanol–water partition coefficient (Wildman–Crippen LogP) is 3.18. The third-order valence-corrected chi connectivity index (χ3v) is 4.35. The molecule has 2 aromatic rings. The maximum Gasteiger partial charge on any atom is 0.254 e. The van der Waals surface area contributed by atoms with Crippen molar-refractivity contribution in [2.24, 2.45) is 0 Å². The summed E-state index contributed by atoms with van der Waals surface area (Å²) in [6.45, 7) is 6.13. The van der Waals surface area contributed by atoms with Gasteiger partial charge in [-0.25, -0.2) is 4.39 Å². The fourth-order valence-corrected chi connectivity index (χ4v) is 3.07. The summed E-state index contributed by atoms with van der Waals surface area (Å²) in [7, 11) is 0. The second-order valence-electron chi connectivity index (χ2n) is 6.16. The Morgan fingerprint density at radius 1 is 1.08 bits per heavy atom. The molecule has 1 aliphatic rings. The van der Waals surface area contributed by atoms with E-state index in [1.165, 1.54) is 6.07 Å². The van der Waals surface area contributed by atoms with Crippen LogP contribution in [0.25, 0.3) is 0 Å². The van der Waals surface area contributed by atoms with Crippen molar-refractivity contribution >= 4 is 5.91 Å². The maximum absolute atomic E-state index is 13.3. The van der Waals surface area contributed by atoms with Crippen molar-refractivity contribution < 1.29 is 13.9 Å². The molecule has 0 radical (unpaired) electrons. The lowest BCUT2D eigenvalue weighted by Crippen LogP contribution is -2.48. The first-order valence-corrected chi connectivity index (χ1v) is 8.64. The Bertz CT molecular complexity index is 727. The minimum absolute atomic E-state index is 0.0342. The molecular weight excluding hydrogens is 319 g/mol. The number of halogens is 1. The van der Waals surface area contributed by atoms with Crippen LogP contribution in [0.15, 0.2) is 48.5 Å². The zero-order valence-corrected chi connectivity index (χ0v) is 14.5. The van der Waals surface area contributed by atoms with E-state index in [1.54, 1.807) is 18.2 Å². The Morgan fingerprint density at radius 3 is 2.56 bits per heavy atom. The third-order valence-electron chi connectivity index (χ3n) is 4.35. The van der Waals surface area contributed by atoms with Crippen molar-refractivity contribution in [1.29, 1.82) is 0 Å². The highest BCUT2D eigenvalue weighted by molar-refractivity contribution is 5.94. The van der Waals surface area contributed by atoms with Crippen LogP contribution in [0, 0.1) is 5.82 Å². The van der Waals surface area contributed by atoms with Gasteiger partial charge < -0.3 is 9.64 Å². The van der Waals surface area contributed by atoms with Gasteiger partial charge >= 0.3 is 0 Å². The van der Waals surface area contributed by atoms with E-state index in [0.29, 0.717) is 31.8 Å². The summed E-state index contributed by atoms with van der Waals surface area (Å²) in [6, 6.07) is 14.0. The molecule has 4 nitrogen and oxygen atoms in total. The first kappa shape index (κ1) is 17.4. The molecule has 0 saturated carbocycles. The number of ether oxygens (including phenoxy) is 1. The van der Waals surface area contributed by atoms with Crippen LogP contribution < -0.4 is 4.74 Å². The molecule has 3 rings (SSSR count). The monoisotopic (exact) mass is 342 g/mol. The molecule has 132 valence electrons. The summed E-state index contributed by atoms with van der Waals surface area (Å²) in [4.78, 5) is 16.8. The molecule has 1 saturated heterocycles. The second-order valence-corrected chi connectivity index (χ2v) is 6.16. The number of carbonyl (C=O) groups excluding carboxylic acids is 1. The molecule has 2 aromatic carbocycles. The highest BCUT2D eigenvalue weighted by atomic mass is 19.1. The van der Waals surface area contributed by atoms with Crippen LogP contribution in [-0.4, -0.2) is 48.5 Å². The summed E-state index contributed by atoms with van der Waals surface area (Å²) in [5.41, 5.74) is 1.62. The van der Waals surface area contributed by atoms with Gasteiger partial charge in [0.2, 0.25) is 0 Å². The van der Waals surface area contributed by atoms with Gasteiger partial charge in [0.25, 0.3) is 5.91 Å². The Labute approximate surface area is 147 Å². The minimum atomic E-state index is -0.208. The van der Waals surface area contributed by atoms with Crippen molar-refractivity contribution in [1.82, 2.24) is 9.80 Å². The predicted molar refractivity (Wildman–Crippen MR) is 95.2 cm³/mol. The van der Waals surface area contributed by atoms with E-state index >= 15 is 0 Å². The van der Waals surface area contributed by atoms with Crippen molar-refractivity contribution in [2.75, 3.05) is 32.8 Å². The van der Waals surface area contributed by atoms with Crippen molar-refractivity contribution in [2.45, 2.75) is 13.5 Å². The maximum atomic E-state index is 13.3. The van der Waals surface area contributed by atoms with Crippen LogP contribution in [-0.2, 0) is 6.54 Å². The molecule has 5 heteroatoms. The number of piperazine rings is 1. The van der Waals surface area contributed by atoms with E-state index in [1.807, 2.05) is 36.1 Å². The van der Waals surface area contributed by atoms with Gasteiger partial charge in [0.1, 0.15) is 11.6 Å². The van der Waals surface area contributed by atoms with Crippen LogP contribution in [0.5, 0.6) is 5.75 Å². The van der Waals surface area contributed by atoms with Gasteiger partial charge in [-0.05, 0) is 42.8 Å². The highest BCUT2D eigenvalue weighted by Crippen LogP contribution is 2.17. The zero-order valence-electron chi connectivity index (χ0n) is 14.5. The normalized spacial score (nSPS) is 15.2. The number of benzene rings is 2. The van der Waals surface area contributed by atoms with Crippen molar-refractivity contribution in [3.8, 4) is 5.75 Å². The third kappa shape index (κ3) is 4.57. The quantitative estimate of drug-likeness (QED) is 0.837. The van der Waals surface area contributed by atoms with Crippen LogP contribution in [0.2, 0.25) is 0 Å². The van der Waals surface area contributed by atoms with Gasteiger partial charge in [-0.3, -0.25) is 9.69 Å². The van der Waals surface area contributed by atoms with Crippen LogP contribution in [0.3, 0.4) is 0 Å². The van der Waals surface area contributed by atoms with Crippen LogP contribution >= 0.6 is 0 Å². The minimum Gasteiger partial charge on any atom is -0.494 e. The van der Waals surface area contributed by atoms with Crippen LogP contribution in [0.1, 0.15) is 22.8 Å². The van der Waals surface area contributed by atoms with Gasteiger partial charge in [0.15, 0.2) is 0 Å². The molecule has 1 aliphatic heterocycles. The van der Waals surface area contributed by atoms with Gasteiger partial charge in [-0.2, -0.15) is 0 Å². The van der Waals surface area contributed by atoms with Crippen molar-refractivity contribution in [3.05, 3.63) is 65.5 Å². The van der Waals surface area contributed by atoms with Gasteiger partial charge in [0, 0.05) is 38.3 Å². The lowest BCUT2D eigenvalue weighted by atomic mass is 10.1. The summed E-state index contributed by atoms with van der Waals surface area (Å²) in [6.07, 6.45) is 0. The van der Waals surface area contributed by atoms with Gasteiger partial charge in [-0.1, -0.05) is 18.2 Å². The lowest BCUT2D eigenvalue weighted by molar-refractivity contribution is 0.0628. The number of rotatable bonds is 5. The summed E-state index contributed by atoms with van der Waals surface area (Å²) in [5.74, 6) is 0.547. The summed E-state index contributed by atoms with van der Waals surface area (Å²) >= 11 is 0. The molecule has 1 amide bonds. The average Bonchev–Trinajstić information content (AvgIpc) is 2.62. The SMILES string of the molecule is CCOc1cccc(C(=O)N2CCN(Cc3cccc(F)c3)CC2)c1. The largest absolute Gasteiger partial charge is 0.494 e. The fraction of sp³-hybridized carbons (Fsp3) is 0.350. The van der Waals surface area contributed by atoms with Gasteiger partial charge in [0.05, 0.1) is 6.61 Å². The molecule has 25 heavy (non-hydrogen) atoms. The molecular formula is C20H23FN2O2. The molecule has 1 heterocycles. The standard InChI is InChI=1S/C20H23FN2O2/c1-2-25-19-8-4-6-17(14-19)20(24)23-11-9-22(10-12-23)15-16-5-3-7-18(21)13-16/h3-8,13-14H,2,9-12,15H2,1H3. The number of hydrogen-bond donors (Lipinski definition) is 0. The summed E-state index contributed by atoms with van der Waals surface area (Å²) < 4.78 is 18.8. The van der Waals surface area contributed by atoms with E-state index in [4.69, 9.17) is 4.74 Å². The average molecular weight is 342 g/mol. The highest BCUT2D eigenvalue weighted by Gasteiger charge is 2.22. The first-order valence-electron chi connectivity index (χ1n) is 8.64. The molecule has 0 atom stereocenters. The molecule has 0 spiro atoms. The second kappa shape index (κ2) is 8.12. The van der Waals surface area contributed by atoms with E-state index in [-0.39, 0.29) is 11.7 Å². The molecule has 0 aromatic heterocycles. The van der Waals surface area contributed by atoms with E-state index in [2.05, 4.69) is 4.90 Å². The molecule has 1 fully saturated rings. The fourth-order valence-electron chi connectivity index (χ4n) is 3.07. The van der Waals surface area contributed by atoms with E-state index in [9.17, 15) is 9.18 Å². The zero-order chi connectivity index (χ0) is 17.6. The topological polar surface area (TPSA) is 32.8 Å². The molecule has 0 aliphatic carbocycles. The number of nitrogens with zero attached hydrogens (tertiary/aromatic N) is 2. The van der Waals surface area contributed by atoms with Crippen molar-refractivity contribution in [3.63, 3.8) is 0 Å². The van der Waals surface area contributed by atoms with E-state index < -0.39 is 0 Å². The lowest BCUT2D eigenvalue weighted by Gasteiger charge is -2.34. The Hall–Kier alpha value is -2.40. The molecule has 0 bridgehead atoms. The van der Waals surface area contributed by atoms with Gasteiger partial charge in [-0.15, -0.1) is 0 Å². The molecule has 0 unspecified atom stereocenters. The smallest absolute Gasteiger partial charge is 0.254 e. The van der Waals surface area contributed by atoms with E-state index in [0.717, 1.165) is 24.4 Å². The summed E-state index contributed by atoms with van der Waals surface area (Å²) in [5, 5.41) is 0.